The Bertz CT molecular complexity index is 267. The summed E-state index contributed by atoms with van der Waals surface area (Å²) in [6.07, 6.45) is 11.5. The molecule has 0 aromatic carbocycles. The molecule has 0 heterocycles. The van der Waals surface area contributed by atoms with Gasteiger partial charge in [0.2, 0.25) is 0 Å². The Balaban J connectivity index is 2.89. The van der Waals surface area contributed by atoms with Crippen LogP contribution in [0.4, 0.5) is 0 Å². The van der Waals surface area contributed by atoms with Gasteiger partial charge in [0.15, 0.2) is 0 Å². The zero-order valence-corrected chi connectivity index (χ0v) is 7.49. The van der Waals surface area contributed by atoms with Crippen molar-refractivity contribution in [1.82, 2.24) is 0 Å². The van der Waals surface area contributed by atoms with Crippen LogP contribution < -0.4 is 0 Å². The Morgan fingerprint density at radius 2 is 2.25 bits per heavy atom. The lowest BCUT2D eigenvalue weighted by Gasteiger charge is -2.13. The smallest absolute Gasteiger partial charge is 0.119 e. The van der Waals surface area contributed by atoms with Crippen molar-refractivity contribution in [3.05, 3.63) is 47.8 Å². The molecule has 0 aromatic heterocycles. The number of hydrogen-bond donors (Lipinski definition) is 1. The fourth-order valence-corrected chi connectivity index (χ4v) is 1.18. The minimum Gasteiger partial charge on any atom is -0.508 e. The highest BCUT2D eigenvalue weighted by Gasteiger charge is 2.11. The van der Waals surface area contributed by atoms with Gasteiger partial charge in [-0.05, 0) is 13.0 Å². The van der Waals surface area contributed by atoms with Crippen molar-refractivity contribution in [1.29, 1.82) is 0 Å². The molecule has 1 heteroatoms. The van der Waals surface area contributed by atoms with Crippen LogP contribution in [0.5, 0.6) is 0 Å². The zero-order valence-electron chi connectivity index (χ0n) is 7.49. The molecule has 1 rings (SSSR count). The van der Waals surface area contributed by atoms with Crippen molar-refractivity contribution >= 4 is 0 Å². The zero-order chi connectivity index (χ0) is 8.97. The summed E-state index contributed by atoms with van der Waals surface area (Å²) < 4.78 is 0. The lowest BCUT2D eigenvalue weighted by Crippen LogP contribution is -2.02. The van der Waals surface area contributed by atoms with E-state index in [0.29, 0.717) is 11.7 Å². The maximum atomic E-state index is 9.47. The van der Waals surface area contributed by atoms with E-state index >= 15 is 0 Å². The molecule has 1 aliphatic carbocycles. The number of allylic oxidation sites excluding steroid dienone is 7. The summed E-state index contributed by atoms with van der Waals surface area (Å²) in [5, 5.41) is 9.47. The van der Waals surface area contributed by atoms with Crippen molar-refractivity contribution < 1.29 is 5.11 Å². The fraction of sp³-hybridized carbons (Fsp3) is 0.273. The van der Waals surface area contributed by atoms with Crippen LogP contribution in [-0.4, -0.2) is 5.11 Å². The monoisotopic (exact) mass is 162 g/mol. The Labute approximate surface area is 73.4 Å². The number of aliphatic hydroxyl groups is 1. The van der Waals surface area contributed by atoms with Gasteiger partial charge in [-0.3, -0.25) is 0 Å². The predicted octanol–water partition coefficient (Wildman–Crippen LogP) is 3.14. The van der Waals surface area contributed by atoms with E-state index in [1.165, 1.54) is 0 Å². The van der Waals surface area contributed by atoms with Crippen LogP contribution in [0.3, 0.4) is 0 Å². The van der Waals surface area contributed by atoms with E-state index in [1.54, 1.807) is 6.08 Å². The summed E-state index contributed by atoms with van der Waals surface area (Å²) in [5.41, 5.74) is 0.982. The van der Waals surface area contributed by atoms with Crippen molar-refractivity contribution in [2.45, 2.75) is 13.8 Å². The van der Waals surface area contributed by atoms with E-state index in [-0.39, 0.29) is 0 Å². The second-order valence-corrected chi connectivity index (χ2v) is 2.87. The van der Waals surface area contributed by atoms with Gasteiger partial charge in [0.25, 0.3) is 0 Å². The highest BCUT2D eigenvalue weighted by Crippen LogP contribution is 2.22. The van der Waals surface area contributed by atoms with Crippen molar-refractivity contribution in [3.8, 4) is 0 Å². The van der Waals surface area contributed by atoms with E-state index in [0.717, 1.165) is 5.57 Å². The van der Waals surface area contributed by atoms with Crippen LogP contribution in [0, 0.1) is 5.92 Å². The molecular formula is C11H14O. The molecule has 12 heavy (non-hydrogen) atoms. The maximum absolute atomic E-state index is 9.47. The second-order valence-electron chi connectivity index (χ2n) is 2.87. The molecule has 0 spiro atoms. The number of rotatable bonds is 1. The van der Waals surface area contributed by atoms with Gasteiger partial charge < -0.3 is 5.11 Å². The van der Waals surface area contributed by atoms with Crippen LogP contribution in [-0.2, 0) is 0 Å². The maximum Gasteiger partial charge on any atom is 0.119 e. The third-order valence-electron chi connectivity index (χ3n) is 1.91. The number of hydrogen-bond acceptors (Lipinski definition) is 1. The van der Waals surface area contributed by atoms with E-state index in [4.69, 9.17) is 0 Å². The molecule has 0 radical (unpaired) electrons. The van der Waals surface area contributed by atoms with Gasteiger partial charge in [-0.25, -0.2) is 0 Å². The molecule has 0 amide bonds. The average molecular weight is 162 g/mol. The van der Waals surface area contributed by atoms with Crippen LogP contribution in [0.15, 0.2) is 47.8 Å². The quantitative estimate of drug-likeness (QED) is 0.628. The molecule has 64 valence electrons. The largest absolute Gasteiger partial charge is 0.508 e. The molecule has 1 aliphatic rings. The topological polar surface area (TPSA) is 20.2 Å². The van der Waals surface area contributed by atoms with Gasteiger partial charge in [0.05, 0.1) is 0 Å². The molecule has 1 atom stereocenters. The Kier molecular flexibility index (Phi) is 2.92. The van der Waals surface area contributed by atoms with Crippen molar-refractivity contribution in [2.75, 3.05) is 0 Å². The van der Waals surface area contributed by atoms with Gasteiger partial charge >= 0.3 is 0 Å². The third kappa shape index (κ3) is 1.88. The first kappa shape index (κ1) is 8.85. The predicted molar refractivity (Wildman–Crippen MR) is 51.9 cm³/mol. The van der Waals surface area contributed by atoms with Gasteiger partial charge in [-0.1, -0.05) is 37.3 Å². The van der Waals surface area contributed by atoms with Gasteiger partial charge in [0, 0.05) is 11.5 Å². The third-order valence-corrected chi connectivity index (χ3v) is 1.91. The molecule has 0 saturated heterocycles. The Morgan fingerprint density at radius 1 is 1.50 bits per heavy atom. The second kappa shape index (κ2) is 3.96. The normalized spacial score (nSPS) is 26.7. The summed E-state index contributed by atoms with van der Waals surface area (Å²) in [5.74, 6) is 0.689. The molecule has 1 nitrogen and oxygen atoms in total. The molecule has 0 aromatic rings. The minimum atomic E-state index is 0.311. The molecule has 1 N–H and O–H groups in total. The molecule has 0 bridgehead atoms. The van der Waals surface area contributed by atoms with E-state index in [2.05, 4.69) is 13.0 Å². The molecule has 0 saturated carbocycles. The summed E-state index contributed by atoms with van der Waals surface area (Å²) in [4.78, 5) is 0. The Morgan fingerprint density at radius 3 is 2.83 bits per heavy atom. The van der Waals surface area contributed by atoms with E-state index < -0.39 is 0 Å². The summed E-state index contributed by atoms with van der Waals surface area (Å²) in [6.45, 7) is 4.02. The highest BCUT2D eigenvalue weighted by molar-refractivity contribution is 5.38. The summed E-state index contributed by atoms with van der Waals surface area (Å²) >= 11 is 0. The first-order valence-electron chi connectivity index (χ1n) is 4.16. The SMILES string of the molecule is C/C=C\C=C1\C(O)=CC=CC1C. The average Bonchev–Trinajstić information content (AvgIpc) is 2.04. The molecule has 1 unspecified atom stereocenters. The minimum absolute atomic E-state index is 0.311. The van der Waals surface area contributed by atoms with Crippen molar-refractivity contribution in [2.24, 2.45) is 5.92 Å². The lowest BCUT2D eigenvalue weighted by atomic mass is 9.94. The van der Waals surface area contributed by atoms with Gasteiger partial charge in [0.1, 0.15) is 5.76 Å². The van der Waals surface area contributed by atoms with E-state index in [1.807, 2.05) is 31.2 Å². The lowest BCUT2D eigenvalue weighted by molar-refractivity contribution is 0.412. The first-order chi connectivity index (χ1) is 5.75. The van der Waals surface area contributed by atoms with Gasteiger partial charge in [-0.15, -0.1) is 0 Å². The number of aliphatic hydroxyl groups excluding tert-OH is 1. The Hall–Kier alpha value is -1.24. The highest BCUT2D eigenvalue weighted by atomic mass is 16.3. The van der Waals surface area contributed by atoms with Crippen molar-refractivity contribution in [3.63, 3.8) is 0 Å². The molecular weight excluding hydrogens is 148 g/mol. The fourth-order valence-electron chi connectivity index (χ4n) is 1.18. The van der Waals surface area contributed by atoms with Gasteiger partial charge in [-0.2, -0.15) is 0 Å². The van der Waals surface area contributed by atoms with Crippen LogP contribution >= 0.6 is 0 Å². The summed E-state index contributed by atoms with van der Waals surface area (Å²) in [6, 6.07) is 0. The first-order valence-corrected chi connectivity index (χ1v) is 4.16. The standard InChI is InChI=1S/C11H14O/c1-3-4-7-10-9(2)6-5-8-11(10)12/h3-9,12H,1-2H3/b4-3-,10-7+. The van der Waals surface area contributed by atoms with Crippen LogP contribution in [0.1, 0.15) is 13.8 Å². The van der Waals surface area contributed by atoms with Crippen LogP contribution in [0.2, 0.25) is 0 Å². The molecule has 0 fully saturated rings. The molecule has 0 aliphatic heterocycles. The summed E-state index contributed by atoms with van der Waals surface area (Å²) in [7, 11) is 0. The van der Waals surface area contributed by atoms with E-state index in [9.17, 15) is 5.11 Å². The van der Waals surface area contributed by atoms with Crippen LogP contribution in [0.25, 0.3) is 0 Å².